The monoisotopic (exact) mass is 379 g/mol. The number of carboxylic acids is 1. The molecule has 0 aromatic heterocycles. The SMILES string of the molecule is COc1cccc([C@H]2Nc3c(C(=O)O)cccc3[C@H]3[C@H]4CC[C@@H](C4)[C@H]32)c1OC. The summed E-state index contributed by atoms with van der Waals surface area (Å²) in [5.41, 5.74) is 3.36. The second-order valence-electron chi connectivity index (χ2n) is 8.22. The van der Waals surface area contributed by atoms with Crippen molar-refractivity contribution < 1.29 is 19.4 Å². The van der Waals surface area contributed by atoms with Gasteiger partial charge in [0, 0.05) is 5.56 Å². The van der Waals surface area contributed by atoms with E-state index in [0.717, 1.165) is 17.0 Å². The van der Waals surface area contributed by atoms with E-state index in [-0.39, 0.29) is 6.04 Å². The molecule has 2 saturated carbocycles. The van der Waals surface area contributed by atoms with Crippen LogP contribution in [0.25, 0.3) is 0 Å². The maximum atomic E-state index is 11.9. The lowest BCUT2D eigenvalue weighted by Crippen LogP contribution is -2.36. The van der Waals surface area contributed by atoms with E-state index in [4.69, 9.17) is 9.47 Å². The molecule has 0 amide bonds. The van der Waals surface area contributed by atoms with Crippen molar-refractivity contribution in [1.82, 2.24) is 0 Å². The molecule has 0 spiro atoms. The summed E-state index contributed by atoms with van der Waals surface area (Å²) in [6.07, 6.45) is 3.73. The fourth-order valence-electron chi connectivity index (χ4n) is 6.16. The molecule has 28 heavy (non-hydrogen) atoms. The van der Waals surface area contributed by atoms with E-state index in [0.29, 0.717) is 35.0 Å². The molecule has 5 atom stereocenters. The summed E-state index contributed by atoms with van der Waals surface area (Å²) in [7, 11) is 3.31. The van der Waals surface area contributed by atoms with Crippen LogP contribution in [0.5, 0.6) is 11.5 Å². The van der Waals surface area contributed by atoms with Gasteiger partial charge in [-0.3, -0.25) is 0 Å². The minimum atomic E-state index is -0.887. The van der Waals surface area contributed by atoms with Gasteiger partial charge in [-0.1, -0.05) is 24.3 Å². The number of hydrogen-bond donors (Lipinski definition) is 2. The molecular weight excluding hydrogens is 354 g/mol. The first-order chi connectivity index (χ1) is 13.6. The van der Waals surface area contributed by atoms with Gasteiger partial charge in [-0.2, -0.15) is 0 Å². The third-order valence-electron chi connectivity index (χ3n) is 7.12. The lowest BCUT2D eigenvalue weighted by molar-refractivity contribution is 0.0697. The lowest BCUT2D eigenvalue weighted by Gasteiger charge is -2.44. The van der Waals surface area contributed by atoms with Crippen molar-refractivity contribution in [1.29, 1.82) is 0 Å². The summed E-state index contributed by atoms with van der Waals surface area (Å²) in [6, 6.07) is 11.7. The molecule has 5 rings (SSSR count). The van der Waals surface area contributed by atoms with E-state index in [1.807, 2.05) is 18.2 Å². The number of hydrogen-bond acceptors (Lipinski definition) is 4. The molecule has 3 aliphatic rings. The predicted octanol–water partition coefficient (Wildman–Crippen LogP) is 4.70. The van der Waals surface area contributed by atoms with Crippen molar-refractivity contribution in [3.8, 4) is 11.5 Å². The Morgan fingerprint density at radius 2 is 1.79 bits per heavy atom. The van der Waals surface area contributed by atoms with Gasteiger partial charge in [0.15, 0.2) is 11.5 Å². The van der Waals surface area contributed by atoms with Crippen LogP contribution in [0.1, 0.15) is 52.7 Å². The van der Waals surface area contributed by atoms with Crippen molar-refractivity contribution in [2.24, 2.45) is 17.8 Å². The third kappa shape index (κ3) is 2.35. The first-order valence-corrected chi connectivity index (χ1v) is 9.97. The molecule has 2 fully saturated rings. The molecular formula is C23H25NO4. The average Bonchev–Trinajstić information content (AvgIpc) is 3.34. The van der Waals surface area contributed by atoms with Crippen LogP contribution in [0.4, 0.5) is 5.69 Å². The molecule has 2 aromatic carbocycles. The summed E-state index contributed by atoms with van der Waals surface area (Å²) in [4.78, 5) is 11.9. The molecule has 5 nitrogen and oxygen atoms in total. The number of fused-ring (bicyclic) bond motifs is 7. The van der Waals surface area contributed by atoms with Crippen molar-refractivity contribution in [2.75, 3.05) is 19.5 Å². The number of ether oxygens (including phenoxy) is 2. The summed E-state index contributed by atoms with van der Waals surface area (Å²) in [6.45, 7) is 0. The van der Waals surface area contributed by atoms with Crippen LogP contribution < -0.4 is 14.8 Å². The van der Waals surface area contributed by atoms with Gasteiger partial charge in [0.25, 0.3) is 0 Å². The van der Waals surface area contributed by atoms with Crippen LogP contribution in [0.2, 0.25) is 0 Å². The zero-order chi connectivity index (χ0) is 19.4. The second kappa shape index (κ2) is 6.43. The number of rotatable bonds is 4. The normalized spacial score (nSPS) is 29.6. The predicted molar refractivity (Wildman–Crippen MR) is 106 cm³/mol. The first kappa shape index (κ1) is 17.4. The van der Waals surface area contributed by atoms with Crippen LogP contribution in [-0.2, 0) is 0 Å². The van der Waals surface area contributed by atoms with E-state index in [9.17, 15) is 9.90 Å². The molecule has 5 heteroatoms. The minimum absolute atomic E-state index is 0.0124. The van der Waals surface area contributed by atoms with E-state index < -0.39 is 5.97 Å². The molecule has 2 bridgehead atoms. The van der Waals surface area contributed by atoms with Crippen molar-refractivity contribution in [3.05, 3.63) is 53.1 Å². The number of anilines is 1. The minimum Gasteiger partial charge on any atom is -0.493 e. The molecule has 2 aromatic rings. The second-order valence-corrected chi connectivity index (χ2v) is 8.22. The molecule has 0 saturated heterocycles. The van der Waals surface area contributed by atoms with Crippen LogP contribution in [0, 0.1) is 17.8 Å². The topological polar surface area (TPSA) is 67.8 Å². The smallest absolute Gasteiger partial charge is 0.337 e. The number of carbonyl (C=O) groups is 1. The average molecular weight is 379 g/mol. The number of para-hydroxylation sites is 2. The Hall–Kier alpha value is -2.69. The van der Waals surface area contributed by atoms with Crippen molar-refractivity contribution >= 4 is 11.7 Å². The Morgan fingerprint density at radius 1 is 1.04 bits per heavy atom. The number of methoxy groups -OCH3 is 2. The molecule has 146 valence electrons. The van der Waals surface area contributed by atoms with Gasteiger partial charge >= 0.3 is 5.97 Å². The Labute approximate surface area is 164 Å². The van der Waals surface area contributed by atoms with Gasteiger partial charge in [0.1, 0.15) is 0 Å². The number of carboxylic acid groups (broad SMARTS) is 1. The zero-order valence-electron chi connectivity index (χ0n) is 16.1. The number of nitrogens with one attached hydrogen (secondary N) is 1. The maximum Gasteiger partial charge on any atom is 0.337 e. The van der Waals surface area contributed by atoms with Gasteiger partial charge in [0.05, 0.1) is 31.5 Å². The standard InChI is InChI=1S/C23H25NO4/c1-27-17-8-4-6-15(22(17)28-2)21-19-13-10-9-12(11-13)18(19)14-5-3-7-16(23(25)26)20(14)24-21/h3-8,12-13,18-19,21,24H,9-11H2,1-2H3,(H,25,26)/t12-,13-,18+,19+,21+/m0/s1. The Balaban J connectivity index is 1.70. The van der Waals surface area contributed by atoms with E-state index >= 15 is 0 Å². The quantitative estimate of drug-likeness (QED) is 0.806. The molecule has 2 aliphatic carbocycles. The summed E-state index contributed by atoms with van der Waals surface area (Å²) >= 11 is 0. The molecule has 2 N–H and O–H groups in total. The molecule has 0 radical (unpaired) electrons. The molecule has 1 heterocycles. The van der Waals surface area contributed by atoms with E-state index in [2.05, 4.69) is 17.4 Å². The largest absolute Gasteiger partial charge is 0.493 e. The van der Waals surface area contributed by atoms with Gasteiger partial charge in [0.2, 0.25) is 0 Å². The Morgan fingerprint density at radius 3 is 2.54 bits per heavy atom. The Bertz CT molecular complexity index is 940. The van der Waals surface area contributed by atoms with Crippen molar-refractivity contribution in [2.45, 2.75) is 31.2 Å². The zero-order valence-corrected chi connectivity index (χ0v) is 16.1. The summed E-state index contributed by atoms with van der Waals surface area (Å²) in [5.74, 6) is 2.69. The van der Waals surface area contributed by atoms with Crippen LogP contribution >= 0.6 is 0 Å². The maximum absolute atomic E-state index is 11.9. The van der Waals surface area contributed by atoms with Gasteiger partial charge in [-0.25, -0.2) is 4.79 Å². The van der Waals surface area contributed by atoms with Crippen molar-refractivity contribution in [3.63, 3.8) is 0 Å². The highest BCUT2D eigenvalue weighted by molar-refractivity contribution is 5.95. The van der Waals surface area contributed by atoms with E-state index in [1.165, 1.54) is 24.8 Å². The fourth-order valence-corrected chi connectivity index (χ4v) is 6.16. The molecule has 1 aliphatic heterocycles. The van der Waals surface area contributed by atoms with Crippen LogP contribution in [0.3, 0.4) is 0 Å². The summed E-state index contributed by atoms with van der Waals surface area (Å²) in [5, 5.41) is 13.4. The van der Waals surface area contributed by atoms with Gasteiger partial charge in [-0.05, 0) is 60.6 Å². The molecule has 0 unspecified atom stereocenters. The highest BCUT2D eigenvalue weighted by Gasteiger charge is 2.54. The number of benzene rings is 2. The van der Waals surface area contributed by atoms with E-state index in [1.54, 1.807) is 20.3 Å². The number of aromatic carboxylic acids is 1. The first-order valence-electron chi connectivity index (χ1n) is 9.97. The Kier molecular flexibility index (Phi) is 4.00. The fraction of sp³-hybridized carbons (Fsp3) is 0.435. The highest BCUT2D eigenvalue weighted by Crippen LogP contribution is 2.64. The van der Waals surface area contributed by atoms with Gasteiger partial charge < -0.3 is 19.9 Å². The third-order valence-corrected chi connectivity index (χ3v) is 7.12. The lowest BCUT2D eigenvalue weighted by atomic mass is 9.67. The van der Waals surface area contributed by atoms with Crippen LogP contribution in [-0.4, -0.2) is 25.3 Å². The highest BCUT2D eigenvalue weighted by atomic mass is 16.5. The van der Waals surface area contributed by atoms with Crippen LogP contribution in [0.15, 0.2) is 36.4 Å². The van der Waals surface area contributed by atoms with Gasteiger partial charge in [-0.15, -0.1) is 0 Å². The summed E-state index contributed by atoms with van der Waals surface area (Å²) < 4.78 is 11.3.